The maximum absolute atomic E-state index is 12.6. The molecule has 2 heterocycles. The van der Waals surface area contributed by atoms with Gasteiger partial charge in [0.15, 0.2) is 11.5 Å². The maximum atomic E-state index is 12.6. The van der Waals surface area contributed by atoms with Crippen molar-refractivity contribution < 1.29 is 4.79 Å². The molecule has 132 valence electrons. The molecule has 5 nitrogen and oxygen atoms in total. The normalized spacial score (nSPS) is 15.1. The molecule has 1 aromatic carbocycles. The average Bonchev–Trinajstić information content (AvgIpc) is 2.91. The molecule has 1 aliphatic heterocycles. The third-order valence-electron chi connectivity index (χ3n) is 4.62. The summed E-state index contributed by atoms with van der Waals surface area (Å²) in [5.41, 5.74) is 2.68. The Balaban J connectivity index is 1.71. The Hall–Kier alpha value is -2.43. The standard InChI is InChI=1S/C20H26N4O/c1-15(2)16-9-5-6-10-17(16)21-19-12-11-18(22-23-19)20(25)24-13-7-3-4-8-14-24/h5-6,9-12,15H,3-4,7-8,13-14H2,1-2H3,(H,21,23). The number of carbonyl (C=O) groups is 1. The topological polar surface area (TPSA) is 58.1 Å². The zero-order valence-corrected chi connectivity index (χ0v) is 15.0. The van der Waals surface area contributed by atoms with Crippen LogP contribution in [-0.4, -0.2) is 34.1 Å². The number of likely N-dealkylation sites (tertiary alicyclic amines) is 1. The molecule has 25 heavy (non-hydrogen) atoms. The van der Waals surface area contributed by atoms with Gasteiger partial charge < -0.3 is 10.2 Å². The van der Waals surface area contributed by atoms with E-state index in [1.807, 2.05) is 29.2 Å². The van der Waals surface area contributed by atoms with Gasteiger partial charge in [-0.05, 0) is 42.5 Å². The van der Waals surface area contributed by atoms with Gasteiger partial charge in [0, 0.05) is 18.8 Å². The number of aromatic nitrogens is 2. The van der Waals surface area contributed by atoms with Gasteiger partial charge in [0.1, 0.15) is 0 Å². The molecule has 1 saturated heterocycles. The van der Waals surface area contributed by atoms with E-state index in [0.29, 0.717) is 17.4 Å². The number of hydrogen-bond acceptors (Lipinski definition) is 4. The fraction of sp³-hybridized carbons (Fsp3) is 0.450. The second-order valence-corrected chi connectivity index (χ2v) is 6.88. The molecule has 0 atom stereocenters. The van der Waals surface area contributed by atoms with E-state index in [4.69, 9.17) is 0 Å². The van der Waals surface area contributed by atoms with Gasteiger partial charge in [-0.2, -0.15) is 0 Å². The number of rotatable bonds is 4. The summed E-state index contributed by atoms with van der Waals surface area (Å²) >= 11 is 0. The van der Waals surface area contributed by atoms with Crippen LogP contribution in [0.25, 0.3) is 0 Å². The highest BCUT2D eigenvalue weighted by Crippen LogP contribution is 2.26. The molecule has 3 rings (SSSR count). The van der Waals surface area contributed by atoms with E-state index in [1.54, 1.807) is 6.07 Å². The molecule has 1 aliphatic rings. The summed E-state index contributed by atoms with van der Waals surface area (Å²) in [7, 11) is 0. The van der Waals surface area contributed by atoms with Crippen molar-refractivity contribution in [2.45, 2.75) is 45.4 Å². The van der Waals surface area contributed by atoms with Gasteiger partial charge in [-0.1, -0.05) is 44.9 Å². The Kier molecular flexibility index (Phi) is 5.64. The molecule has 1 amide bonds. The van der Waals surface area contributed by atoms with Gasteiger partial charge in [0.05, 0.1) is 0 Å². The van der Waals surface area contributed by atoms with Gasteiger partial charge in [0.25, 0.3) is 5.91 Å². The minimum Gasteiger partial charge on any atom is -0.338 e. The Bertz CT molecular complexity index is 704. The van der Waals surface area contributed by atoms with Crippen molar-refractivity contribution in [3.05, 3.63) is 47.7 Å². The van der Waals surface area contributed by atoms with Gasteiger partial charge in [-0.3, -0.25) is 4.79 Å². The average molecular weight is 338 g/mol. The molecule has 5 heteroatoms. The molecule has 0 radical (unpaired) electrons. The van der Waals surface area contributed by atoms with Crippen molar-refractivity contribution in [3.8, 4) is 0 Å². The predicted molar refractivity (Wildman–Crippen MR) is 100 cm³/mol. The lowest BCUT2D eigenvalue weighted by Crippen LogP contribution is -2.32. The Morgan fingerprint density at radius 3 is 2.36 bits per heavy atom. The fourth-order valence-electron chi connectivity index (χ4n) is 3.20. The quantitative estimate of drug-likeness (QED) is 0.900. The Labute approximate surface area is 149 Å². The molecule has 0 aliphatic carbocycles. The predicted octanol–water partition coefficient (Wildman–Crippen LogP) is 4.36. The number of amides is 1. The molecular weight excluding hydrogens is 312 g/mol. The van der Waals surface area contributed by atoms with Crippen molar-refractivity contribution >= 4 is 17.4 Å². The van der Waals surface area contributed by atoms with Crippen LogP contribution in [0.15, 0.2) is 36.4 Å². The van der Waals surface area contributed by atoms with Crippen LogP contribution in [0.5, 0.6) is 0 Å². The van der Waals surface area contributed by atoms with Crippen molar-refractivity contribution in [1.82, 2.24) is 15.1 Å². The van der Waals surface area contributed by atoms with Crippen molar-refractivity contribution in [2.75, 3.05) is 18.4 Å². The lowest BCUT2D eigenvalue weighted by atomic mass is 10.0. The fourth-order valence-corrected chi connectivity index (χ4v) is 3.20. The first-order chi connectivity index (χ1) is 12.1. The largest absolute Gasteiger partial charge is 0.338 e. The SMILES string of the molecule is CC(C)c1ccccc1Nc1ccc(C(=O)N2CCCCCC2)nn1. The third kappa shape index (κ3) is 4.35. The zero-order chi connectivity index (χ0) is 17.6. The first-order valence-electron chi connectivity index (χ1n) is 9.14. The van der Waals surface area contributed by atoms with Gasteiger partial charge >= 0.3 is 0 Å². The van der Waals surface area contributed by atoms with Gasteiger partial charge in [-0.25, -0.2) is 0 Å². The summed E-state index contributed by atoms with van der Waals surface area (Å²) in [6, 6.07) is 11.8. The second kappa shape index (κ2) is 8.10. The van der Waals surface area contributed by atoms with Gasteiger partial charge in [-0.15, -0.1) is 10.2 Å². The monoisotopic (exact) mass is 338 g/mol. The first kappa shape index (κ1) is 17.4. The summed E-state index contributed by atoms with van der Waals surface area (Å²) in [6.45, 7) is 5.97. The van der Waals surface area contributed by atoms with Crippen LogP contribution >= 0.6 is 0 Å². The zero-order valence-electron chi connectivity index (χ0n) is 15.0. The van der Waals surface area contributed by atoms with Crippen LogP contribution in [-0.2, 0) is 0 Å². The molecule has 0 saturated carbocycles. The molecular formula is C20H26N4O. The third-order valence-corrected chi connectivity index (χ3v) is 4.62. The number of nitrogens with zero attached hydrogens (tertiary/aromatic N) is 3. The molecule has 0 spiro atoms. The summed E-state index contributed by atoms with van der Waals surface area (Å²) in [4.78, 5) is 14.5. The van der Waals surface area contributed by atoms with E-state index < -0.39 is 0 Å². The van der Waals surface area contributed by atoms with E-state index >= 15 is 0 Å². The summed E-state index contributed by atoms with van der Waals surface area (Å²) in [5, 5.41) is 11.7. The van der Waals surface area contributed by atoms with Crippen molar-refractivity contribution in [3.63, 3.8) is 0 Å². The van der Waals surface area contributed by atoms with Crippen molar-refractivity contribution in [1.29, 1.82) is 0 Å². The molecule has 2 aromatic rings. The second-order valence-electron chi connectivity index (χ2n) is 6.88. The summed E-state index contributed by atoms with van der Waals surface area (Å²) in [5.74, 6) is 1.06. The van der Waals surface area contributed by atoms with E-state index in [9.17, 15) is 4.79 Å². The number of benzene rings is 1. The van der Waals surface area contributed by atoms with Crippen LogP contribution in [0, 0.1) is 0 Å². The molecule has 1 N–H and O–H groups in total. The maximum Gasteiger partial charge on any atom is 0.274 e. The van der Waals surface area contributed by atoms with Crippen LogP contribution in [0.4, 0.5) is 11.5 Å². The molecule has 1 aromatic heterocycles. The van der Waals surface area contributed by atoms with E-state index in [1.165, 1.54) is 18.4 Å². The number of anilines is 2. The molecule has 1 fully saturated rings. The van der Waals surface area contributed by atoms with Gasteiger partial charge in [0.2, 0.25) is 0 Å². The highest BCUT2D eigenvalue weighted by atomic mass is 16.2. The number of carbonyl (C=O) groups excluding carboxylic acids is 1. The van der Waals surface area contributed by atoms with E-state index in [0.717, 1.165) is 31.6 Å². The number of hydrogen-bond donors (Lipinski definition) is 1. The minimum atomic E-state index is -0.0106. The summed E-state index contributed by atoms with van der Waals surface area (Å²) in [6.07, 6.45) is 4.55. The summed E-state index contributed by atoms with van der Waals surface area (Å²) < 4.78 is 0. The lowest BCUT2D eigenvalue weighted by Gasteiger charge is -2.19. The van der Waals surface area contributed by atoms with Crippen LogP contribution in [0.2, 0.25) is 0 Å². The van der Waals surface area contributed by atoms with Crippen LogP contribution in [0.1, 0.15) is 61.5 Å². The van der Waals surface area contributed by atoms with Crippen LogP contribution in [0.3, 0.4) is 0 Å². The minimum absolute atomic E-state index is 0.0106. The van der Waals surface area contributed by atoms with E-state index in [-0.39, 0.29) is 5.91 Å². The Morgan fingerprint density at radius 1 is 1.00 bits per heavy atom. The van der Waals surface area contributed by atoms with Crippen molar-refractivity contribution in [2.24, 2.45) is 0 Å². The first-order valence-corrected chi connectivity index (χ1v) is 9.14. The van der Waals surface area contributed by atoms with Crippen LogP contribution < -0.4 is 5.32 Å². The lowest BCUT2D eigenvalue weighted by molar-refractivity contribution is 0.0754. The molecule has 0 unspecified atom stereocenters. The number of para-hydroxylation sites is 1. The molecule has 0 bridgehead atoms. The highest BCUT2D eigenvalue weighted by molar-refractivity contribution is 5.92. The highest BCUT2D eigenvalue weighted by Gasteiger charge is 2.19. The smallest absolute Gasteiger partial charge is 0.274 e. The number of nitrogens with one attached hydrogen (secondary N) is 1. The van der Waals surface area contributed by atoms with E-state index in [2.05, 4.69) is 35.4 Å². The Morgan fingerprint density at radius 2 is 1.72 bits per heavy atom.